The van der Waals surface area contributed by atoms with Crippen LogP contribution in [0, 0.1) is 11.8 Å². The predicted octanol–water partition coefficient (Wildman–Crippen LogP) is 4.53. The molecule has 116 valence electrons. The average Bonchev–Trinajstić information content (AvgIpc) is 3.27. The Balaban J connectivity index is 1.53. The molecule has 21 heavy (non-hydrogen) atoms. The first-order valence-electron chi connectivity index (χ1n) is 8.33. The predicted molar refractivity (Wildman–Crippen MR) is 88.5 cm³/mol. The van der Waals surface area contributed by atoms with Crippen molar-refractivity contribution in [3.63, 3.8) is 0 Å². The van der Waals surface area contributed by atoms with Gasteiger partial charge in [-0.25, -0.2) is 0 Å². The topological polar surface area (TPSA) is 34.0 Å². The number of halogens is 1. The maximum Gasteiger partial charge on any atom is 0.267 e. The van der Waals surface area contributed by atoms with Crippen LogP contribution in [0.25, 0.3) is 0 Å². The molecule has 0 radical (unpaired) electrons. The van der Waals surface area contributed by atoms with Gasteiger partial charge in [0.05, 0.1) is 0 Å². The summed E-state index contributed by atoms with van der Waals surface area (Å²) >= 11 is 3.49. The largest absolute Gasteiger partial charge is 0.350 e. The van der Waals surface area contributed by atoms with Crippen molar-refractivity contribution in [1.29, 1.82) is 0 Å². The molecule has 0 aromatic carbocycles. The Morgan fingerprint density at radius 1 is 1.24 bits per heavy atom. The molecule has 2 aliphatic carbocycles. The highest BCUT2D eigenvalue weighted by molar-refractivity contribution is 9.10. The molecule has 0 saturated heterocycles. The minimum absolute atomic E-state index is 0.0882. The zero-order valence-corrected chi connectivity index (χ0v) is 14.4. The summed E-state index contributed by atoms with van der Waals surface area (Å²) in [7, 11) is 0. The van der Waals surface area contributed by atoms with Gasteiger partial charge in [-0.2, -0.15) is 0 Å². The van der Waals surface area contributed by atoms with Crippen molar-refractivity contribution < 1.29 is 4.79 Å². The normalized spacial score (nSPS) is 25.8. The Morgan fingerprint density at radius 2 is 1.90 bits per heavy atom. The lowest BCUT2D eigenvalue weighted by Gasteiger charge is -2.27. The van der Waals surface area contributed by atoms with Crippen LogP contribution in [-0.2, 0) is 0 Å². The summed E-state index contributed by atoms with van der Waals surface area (Å²) in [5, 5.41) is 3.16. The molecule has 0 unspecified atom stereocenters. The summed E-state index contributed by atoms with van der Waals surface area (Å²) in [5.41, 5.74) is 0.812. The van der Waals surface area contributed by atoms with Crippen LogP contribution in [0.4, 0.5) is 0 Å². The number of rotatable bonds is 5. The summed E-state index contributed by atoms with van der Waals surface area (Å²) in [6.07, 6.45) is 11.0. The first kappa shape index (κ1) is 15.1. The van der Waals surface area contributed by atoms with Gasteiger partial charge in [0.2, 0.25) is 0 Å². The Kier molecular flexibility index (Phi) is 4.72. The van der Waals surface area contributed by atoms with E-state index in [1.54, 1.807) is 0 Å². The van der Waals surface area contributed by atoms with Crippen LogP contribution in [0.3, 0.4) is 0 Å². The summed E-state index contributed by atoms with van der Waals surface area (Å²) in [5.74, 6) is 1.68. The Labute approximate surface area is 135 Å². The van der Waals surface area contributed by atoms with Crippen molar-refractivity contribution in [2.45, 2.75) is 57.9 Å². The third-order valence-electron chi connectivity index (χ3n) is 5.08. The highest BCUT2D eigenvalue weighted by Crippen LogP contribution is 2.37. The molecule has 1 aromatic rings. The second-order valence-corrected chi connectivity index (χ2v) is 7.60. The number of amides is 1. The summed E-state index contributed by atoms with van der Waals surface area (Å²) < 4.78 is 3.14. The molecule has 1 heterocycles. The minimum Gasteiger partial charge on any atom is -0.350 e. The number of carbonyl (C=O) groups is 1. The molecule has 3 rings (SSSR count). The lowest BCUT2D eigenvalue weighted by Crippen LogP contribution is -2.32. The van der Waals surface area contributed by atoms with Crippen molar-refractivity contribution in [1.82, 2.24) is 9.88 Å². The van der Waals surface area contributed by atoms with Crippen LogP contribution in [0.1, 0.15) is 68.4 Å². The SMILES string of the molecule is CCC1CCC(CNC(=O)c2cc(Br)cn2C2CC2)CC1. The maximum absolute atomic E-state index is 12.4. The first-order valence-corrected chi connectivity index (χ1v) is 9.12. The van der Waals surface area contributed by atoms with E-state index in [4.69, 9.17) is 0 Å². The molecule has 1 N–H and O–H groups in total. The molecule has 0 atom stereocenters. The standard InChI is InChI=1S/C17H25BrN2O/c1-2-12-3-5-13(6-4-12)10-19-17(21)16-9-14(18)11-20(16)15-7-8-15/h9,11-13,15H,2-8,10H2,1H3,(H,19,21). The van der Waals surface area contributed by atoms with E-state index in [1.165, 1.54) is 44.9 Å². The van der Waals surface area contributed by atoms with Gasteiger partial charge in [-0.3, -0.25) is 4.79 Å². The van der Waals surface area contributed by atoms with Gasteiger partial charge in [-0.05, 0) is 59.5 Å². The molecular weight excluding hydrogens is 328 g/mol. The molecule has 4 heteroatoms. The van der Waals surface area contributed by atoms with E-state index in [-0.39, 0.29) is 5.91 Å². The highest BCUT2D eigenvalue weighted by Gasteiger charge is 2.28. The van der Waals surface area contributed by atoms with Crippen molar-refractivity contribution in [2.75, 3.05) is 6.54 Å². The number of hydrogen-bond donors (Lipinski definition) is 1. The Hall–Kier alpha value is -0.770. The highest BCUT2D eigenvalue weighted by atomic mass is 79.9. The van der Waals surface area contributed by atoms with Gasteiger partial charge in [0.15, 0.2) is 0 Å². The third-order valence-corrected chi connectivity index (χ3v) is 5.52. The van der Waals surface area contributed by atoms with Gasteiger partial charge in [-0.15, -0.1) is 0 Å². The number of carbonyl (C=O) groups excluding carboxylic acids is 1. The summed E-state index contributed by atoms with van der Waals surface area (Å²) in [6, 6.07) is 2.48. The number of aromatic nitrogens is 1. The van der Waals surface area contributed by atoms with E-state index in [2.05, 4.69) is 32.7 Å². The molecule has 2 fully saturated rings. The van der Waals surface area contributed by atoms with Gasteiger partial charge >= 0.3 is 0 Å². The smallest absolute Gasteiger partial charge is 0.267 e. The number of nitrogens with one attached hydrogen (secondary N) is 1. The monoisotopic (exact) mass is 352 g/mol. The number of nitrogens with zero attached hydrogens (tertiary/aromatic N) is 1. The van der Waals surface area contributed by atoms with E-state index in [0.717, 1.165) is 22.6 Å². The van der Waals surface area contributed by atoms with Gasteiger partial charge in [0, 0.05) is 23.3 Å². The van der Waals surface area contributed by atoms with Crippen LogP contribution in [0.2, 0.25) is 0 Å². The maximum atomic E-state index is 12.4. The zero-order valence-electron chi connectivity index (χ0n) is 12.8. The molecule has 0 spiro atoms. The molecule has 1 aromatic heterocycles. The lowest BCUT2D eigenvalue weighted by atomic mass is 9.81. The van der Waals surface area contributed by atoms with E-state index < -0.39 is 0 Å². The van der Waals surface area contributed by atoms with Crippen LogP contribution in [0.15, 0.2) is 16.7 Å². The quantitative estimate of drug-likeness (QED) is 0.829. The van der Waals surface area contributed by atoms with E-state index in [1.807, 2.05) is 12.3 Å². The van der Waals surface area contributed by atoms with E-state index >= 15 is 0 Å². The third kappa shape index (κ3) is 3.71. The molecule has 3 nitrogen and oxygen atoms in total. The molecule has 1 amide bonds. The molecule has 0 aliphatic heterocycles. The van der Waals surface area contributed by atoms with Crippen molar-refractivity contribution in [3.05, 3.63) is 22.4 Å². The van der Waals surface area contributed by atoms with Crippen LogP contribution < -0.4 is 5.32 Å². The van der Waals surface area contributed by atoms with Crippen molar-refractivity contribution in [2.24, 2.45) is 11.8 Å². The van der Waals surface area contributed by atoms with E-state index in [0.29, 0.717) is 12.0 Å². The van der Waals surface area contributed by atoms with Crippen LogP contribution in [-0.4, -0.2) is 17.0 Å². The lowest BCUT2D eigenvalue weighted by molar-refractivity contribution is 0.0931. The molecule has 2 aliphatic rings. The van der Waals surface area contributed by atoms with Crippen LogP contribution >= 0.6 is 15.9 Å². The van der Waals surface area contributed by atoms with E-state index in [9.17, 15) is 4.79 Å². The minimum atomic E-state index is 0.0882. The fraction of sp³-hybridized carbons (Fsp3) is 0.706. The van der Waals surface area contributed by atoms with Crippen LogP contribution in [0.5, 0.6) is 0 Å². The molecule has 2 saturated carbocycles. The first-order chi connectivity index (χ1) is 10.2. The fourth-order valence-corrected chi connectivity index (χ4v) is 3.89. The van der Waals surface area contributed by atoms with Crippen molar-refractivity contribution >= 4 is 21.8 Å². The Morgan fingerprint density at radius 3 is 2.52 bits per heavy atom. The van der Waals surface area contributed by atoms with Crippen molar-refractivity contribution in [3.8, 4) is 0 Å². The Bertz CT molecular complexity index is 499. The molecule has 0 bridgehead atoms. The van der Waals surface area contributed by atoms with Gasteiger partial charge < -0.3 is 9.88 Å². The second-order valence-electron chi connectivity index (χ2n) is 6.69. The van der Waals surface area contributed by atoms with Gasteiger partial charge in [-0.1, -0.05) is 26.2 Å². The summed E-state index contributed by atoms with van der Waals surface area (Å²) in [4.78, 5) is 12.4. The zero-order chi connectivity index (χ0) is 14.8. The van der Waals surface area contributed by atoms with Gasteiger partial charge in [0.25, 0.3) is 5.91 Å². The average molecular weight is 353 g/mol. The van der Waals surface area contributed by atoms with Gasteiger partial charge in [0.1, 0.15) is 5.69 Å². The fourth-order valence-electron chi connectivity index (χ4n) is 3.45. The summed E-state index contributed by atoms with van der Waals surface area (Å²) in [6.45, 7) is 3.12. The molecular formula is C17H25BrN2O. The number of hydrogen-bond acceptors (Lipinski definition) is 1. The second kappa shape index (κ2) is 6.55.